The predicted molar refractivity (Wildman–Crippen MR) is 67.8 cm³/mol. The molecule has 1 aromatic heterocycles. The minimum atomic E-state index is 0.177. The van der Waals surface area contributed by atoms with E-state index in [9.17, 15) is 0 Å². The van der Waals surface area contributed by atoms with Crippen molar-refractivity contribution in [2.24, 2.45) is 0 Å². The number of pyridine rings is 1. The molecule has 0 unspecified atom stereocenters. The fraction of sp³-hybridized carbons (Fsp3) is 0. The second-order valence-electron chi connectivity index (χ2n) is 3.56. The molecule has 2 aromatic rings. The highest BCUT2D eigenvalue weighted by Gasteiger charge is 2.02. The summed E-state index contributed by atoms with van der Waals surface area (Å²) >= 11 is 0. The first-order valence-electron chi connectivity index (χ1n) is 5.17. The van der Waals surface area contributed by atoms with Crippen molar-refractivity contribution in [1.29, 1.82) is 10.5 Å². The topological polar surface area (TPSA) is 98.5 Å². The largest absolute Gasteiger partial charge is 0.396 e. The molecule has 2 rings (SSSR count). The number of hydrogen-bond acceptors (Lipinski definition) is 5. The van der Waals surface area contributed by atoms with Gasteiger partial charge in [0.25, 0.3) is 0 Å². The minimum Gasteiger partial charge on any atom is -0.396 e. The van der Waals surface area contributed by atoms with Crippen molar-refractivity contribution in [2.45, 2.75) is 0 Å². The van der Waals surface area contributed by atoms with E-state index in [-0.39, 0.29) is 5.69 Å². The zero-order chi connectivity index (χ0) is 13.0. The van der Waals surface area contributed by atoms with Crippen molar-refractivity contribution < 1.29 is 0 Å². The quantitative estimate of drug-likeness (QED) is 0.830. The number of nitrogens with two attached hydrogens (primary N) is 1. The molecule has 5 nitrogen and oxygen atoms in total. The monoisotopic (exact) mass is 235 g/mol. The number of anilines is 3. The van der Waals surface area contributed by atoms with Crippen LogP contribution in [0.15, 0.2) is 36.4 Å². The van der Waals surface area contributed by atoms with Gasteiger partial charge in [0.1, 0.15) is 11.9 Å². The molecule has 0 saturated carbocycles. The van der Waals surface area contributed by atoms with Gasteiger partial charge in [0.05, 0.1) is 17.3 Å². The molecule has 0 bridgehead atoms. The van der Waals surface area contributed by atoms with Crippen molar-refractivity contribution >= 4 is 17.2 Å². The van der Waals surface area contributed by atoms with Gasteiger partial charge < -0.3 is 11.1 Å². The van der Waals surface area contributed by atoms with E-state index in [1.165, 1.54) is 0 Å². The summed E-state index contributed by atoms with van der Waals surface area (Å²) in [5.41, 5.74) is 7.39. The number of nitrogen functional groups attached to an aromatic ring is 1. The highest BCUT2D eigenvalue weighted by Crippen LogP contribution is 2.18. The van der Waals surface area contributed by atoms with Crippen LogP contribution in [0.1, 0.15) is 11.3 Å². The van der Waals surface area contributed by atoms with Crippen LogP contribution in [0, 0.1) is 22.7 Å². The molecule has 86 valence electrons. The zero-order valence-corrected chi connectivity index (χ0v) is 9.38. The van der Waals surface area contributed by atoms with Gasteiger partial charge in [-0.15, -0.1) is 0 Å². The lowest BCUT2D eigenvalue weighted by atomic mass is 10.2. The van der Waals surface area contributed by atoms with Gasteiger partial charge in [0, 0.05) is 5.69 Å². The number of nitrogens with one attached hydrogen (secondary N) is 1. The number of benzene rings is 1. The van der Waals surface area contributed by atoms with Crippen LogP contribution in [0.4, 0.5) is 17.2 Å². The third kappa shape index (κ3) is 2.37. The van der Waals surface area contributed by atoms with Gasteiger partial charge in [-0.25, -0.2) is 4.98 Å². The zero-order valence-electron chi connectivity index (χ0n) is 9.38. The number of aromatic nitrogens is 1. The van der Waals surface area contributed by atoms with Crippen LogP contribution in [0.3, 0.4) is 0 Å². The number of nitriles is 2. The highest BCUT2D eigenvalue weighted by atomic mass is 15.0. The first kappa shape index (κ1) is 11.4. The Balaban J connectivity index is 2.29. The van der Waals surface area contributed by atoms with Gasteiger partial charge >= 0.3 is 0 Å². The van der Waals surface area contributed by atoms with Crippen molar-refractivity contribution in [1.82, 2.24) is 4.98 Å². The molecule has 5 heteroatoms. The number of nitrogens with zero attached hydrogens (tertiary/aromatic N) is 3. The predicted octanol–water partition coefficient (Wildman–Crippen LogP) is 2.15. The summed E-state index contributed by atoms with van der Waals surface area (Å²) in [5, 5.41) is 20.6. The summed E-state index contributed by atoms with van der Waals surface area (Å²) in [7, 11) is 0. The molecule has 1 aromatic carbocycles. The van der Waals surface area contributed by atoms with E-state index in [4.69, 9.17) is 16.3 Å². The van der Waals surface area contributed by atoms with Crippen LogP contribution in [0.2, 0.25) is 0 Å². The Hall–Kier alpha value is -3.05. The Bertz CT molecular complexity index is 664. The lowest BCUT2D eigenvalue weighted by molar-refractivity contribution is 1.26. The van der Waals surface area contributed by atoms with Crippen LogP contribution < -0.4 is 11.1 Å². The van der Waals surface area contributed by atoms with Crippen LogP contribution in [0.25, 0.3) is 0 Å². The van der Waals surface area contributed by atoms with Gasteiger partial charge in [-0.3, -0.25) is 0 Å². The molecule has 0 aliphatic carbocycles. The van der Waals surface area contributed by atoms with Crippen molar-refractivity contribution in [3.05, 3.63) is 47.7 Å². The summed E-state index contributed by atoms with van der Waals surface area (Å²) in [6.07, 6.45) is 0. The average Bonchev–Trinajstić information content (AvgIpc) is 2.41. The standard InChI is InChI=1S/C13H9N5/c14-7-9-2-1-3-10(6-9)17-13-5-4-11(16)12(8-15)18-13/h1-6H,16H2,(H,17,18). The molecule has 0 fully saturated rings. The third-order valence-electron chi connectivity index (χ3n) is 2.30. The van der Waals surface area contributed by atoms with E-state index >= 15 is 0 Å². The van der Waals surface area contributed by atoms with E-state index in [2.05, 4.69) is 16.4 Å². The van der Waals surface area contributed by atoms with E-state index in [0.717, 1.165) is 5.69 Å². The van der Waals surface area contributed by atoms with Gasteiger partial charge in [-0.1, -0.05) is 6.07 Å². The third-order valence-corrected chi connectivity index (χ3v) is 2.30. The fourth-order valence-electron chi connectivity index (χ4n) is 1.44. The second-order valence-corrected chi connectivity index (χ2v) is 3.56. The van der Waals surface area contributed by atoms with Crippen molar-refractivity contribution in [2.75, 3.05) is 11.1 Å². The van der Waals surface area contributed by atoms with Crippen LogP contribution >= 0.6 is 0 Å². The maximum atomic E-state index is 8.83. The van der Waals surface area contributed by atoms with Crippen molar-refractivity contribution in [3.63, 3.8) is 0 Å². The number of hydrogen-bond donors (Lipinski definition) is 2. The number of rotatable bonds is 2. The Morgan fingerprint density at radius 3 is 2.67 bits per heavy atom. The Morgan fingerprint density at radius 2 is 1.94 bits per heavy atom. The summed E-state index contributed by atoms with van der Waals surface area (Å²) in [6.45, 7) is 0. The first-order chi connectivity index (χ1) is 8.72. The molecule has 0 saturated heterocycles. The summed E-state index contributed by atoms with van der Waals surface area (Å²) in [4.78, 5) is 4.06. The molecular formula is C13H9N5. The molecular weight excluding hydrogens is 226 g/mol. The molecule has 0 amide bonds. The average molecular weight is 235 g/mol. The molecule has 0 spiro atoms. The lowest BCUT2D eigenvalue weighted by Crippen LogP contribution is -1.99. The molecule has 0 atom stereocenters. The Morgan fingerprint density at radius 1 is 1.11 bits per heavy atom. The molecule has 0 aliphatic rings. The Labute approximate surface area is 104 Å². The van der Waals surface area contributed by atoms with E-state index < -0.39 is 0 Å². The molecule has 3 N–H and O–H groups in total. The summed E-state index contributed by atoms with van der Waals surface area (Å²) in [6, 6.07) is 14.2. The fourth-order valence-corrected chi connectivity index (χ4v) is 1.44. The molecule has 0 aliphatic heterocycles. The smallest absolute Gasteiger partial charge is 0.165 e. The van der Waals surface area contributed by atoms with Crippen molar-refractivity contribution in [3.8, 4) is 12.1 Å². The normalized spacial score (nSPS) is 9.22. The molecule has 1 heterocycles. The van der Waals surface area contributed by atoms with Gasteiger partial charge in [0.2, 0.25) is 0 Å². The summed E-state index contributed by atoms with van der Waals surface area (Å²) in [5.74, 6) is 0.510. The maximum Gasteiger partial charge on any atom is 0.165 e. The summed E-state index contributed by atoms with van der Waals surface area (Å²) < 4.78 is 0. The van der Waals surface area contributed by atoms with Gasteiger partial charge in [-0.2, -0.15) is 10.5 Å². The second kappa shape index (κ2) is 4.86. The Kier molecular flexibility index (Phi) is 3.08. The lowest BCUT2D eigenvalue weighted by Gasteiger charge is -2.06. The molecule has 18 heavy (non-hydrogen) atoms. The van der Waals surface area contributed by atoms with E-state index in [0.29, 0.717) is 17.1 Å². The highest BCUT2D eigenvalue weighted by molar-refractivity contribution is 5.62. The van der Waals surface area contributed by atoms with Gasteiger partial charge in [0.15, 0.2) is 5.69 Å². The first-order valence-corrected chi connectivity index (χ1v) is 5.17. The van der Waals surface area contributed by atoms with E-state index in [1.807, 2.05) is 12.1 Å². The van der Waals surface area contributed by atoms with Crippen LogP contribution in [0.5, 0.6) is 0 Å². The maximum absolute atomic E-state index is 8.83. The minimum absolute atomic E-state index is 0.177. The van der Waals surface area contributed by atoms with Crippen LogP contribution in [-0.4, -0.2) is 4.98 Å². The molecule has 0 radical (unpaired) electrons. The van der Waals surface area contributed by atoms with Gasteiger partial charge in [-0.05, 0) is 30.3 Å². The van der Waals surface area contributed by atoms with E-state index in [1.54, 1.807) is 30.3 Å². The van der Waals surface area contributed by atoms with Crippen LogP contribution in [-0.2, 0) is 0 Å². The SMILES string of the molecule is N#Cc1cccc(Nc2ccc(N)c(C#N)n2)c1.